The summed E-state index contributed by atoms with van der Waals surface area (Å²) in [6, 6.07) is 19.5. The van der Waals surface area contributed by atoms with E-state index in [1.807, 2.05) is 0 Å². The van der Waals surface area contributed by atoms with Gasteiger partial charge >= 0.3 is 0 Å². The normalized spacial score (nSPS) is 29.3. The highest BCUT2D eigenvalue weighted by Gasteiger charge is 2.33. The van der Waals surface area contributed by atoms with Gasteiger partial charge in [0.25, 0.3) is 0 Å². The number of benzene rings is 3. The lowest BCUT2D eigenvalue weighted by Crippen LogP contribution is -2.22. The van der Waals surface area contributed by atoms with Gasteiger partial charge in [0.2, 0.25) is 0 Å². The first-order chi connectivity index (χ1) is 33.6. The molecule has 14 rings (SSSR count). The Hall–Kier alpha value is -6.50. The zero-order chi connectivity index (χ0) is 44.7. The van der Waals surface area contributed by atoms with E-state index in [0.29, 0.717) is 41.4 Å². The molecule has 0 nitrogen and oxygen atoms in total. The van der Waals surface area contributed by atoms with Crippen LogP contribution in [0.1, 0.15) is 91.2 Å². The van der Waals surface area contributed by atoms with Crippen molar-refractivity contribution in [3.63, 3.8) is 0 Å². The van der Waals surface area contributed by atoms with Crippen LogP contribution in [-0.2, 0) is 12.8 Å². The van der Waals surface area contributed by atoms with Gasteiger partial charge in [0.05, 0.1) is 0 Å². The van der Waals surface area contributed by atoms with E-state index in [9.17, 15) is 0 Å². The molecule has 11 aliphatic carbocycles. The molecule has 68 heavy (non-hydrogen) atoms. The molecule has 7 unspecified atom stereocenters. The van der Waals surface area contributed by atoms with E-state index in [2.05, 4.69) is 188 Å². The first kappa shape index (κ1) is 40.6. The Balaban J connectivity index is 0.656. The second-order valence-corrected chi connectivity index (χ2v) is 21.5. The standard InChI is InChI=1S/C68H60/c1-3-13-61-43(7-1)15-21-57-39-53(23-29-63(57)61)46-10-5-9-45(35-46)49-17-18-51-38-52(20-19-50(51)37-49)56-26-32-66-60(42-56)28-34-67-65-31-25-55(41-59(65)27-33-68(66)67)48-12-6-11-47(36-48)54-24-30-64-58(40-54)22-16-44-8-2-4-14-62(44)64/h1-5,7-11,13-18,21-24,26,28-30,32,34,36-38,41-44,46,53-54,61-62H,6,12,19-20,25,27,31,33,35,39-40H2. The topological polar surface area (TPSA) is 0 Å². The highest BCUT2D eigenvalue weighted by Crippen LogP contribution is 2.48. The third-order valence-electron chi connectivity index (χ3n) is 17.8. The molecule has 3 aromatic rings. The van der Waals surface area contributed by atoms with Gasteiger partial charge in [0.15, 0.2) is 0 Å². The monoisotopic (exact) mass is 876 g/mol. The molecule has 3 aromatic carbocycles. The number of hydrogen-bond acceptors (Lipinski definition) is 0. The molecule has 0 aromatic heterocycles. The van der Waals surface area contributed by atoms with Crippen molar-refractivity contribution < 1.29 is 0 Å². The lowest BCUT2D eigenvalue weighted by Gasteiger charge is -2.34. The molecule has 0 bridgehead atoms. The quantitative estimate of drug-likeness (QED) is 0.240. The summed E-state index contributed by atoms with van der Waals surface area (Å²) in [7, 11) is 0. The molecule has 11 aliphatic rings. The van der Waals surface area contributed by atoms with Gasteiger partial charge in [-0.2, -0.15) is 0 Å². The number of aryl methyl sites for hydroxylation is 2. The van der Waals surface area contributed by atoms with Crippen LogP contribution in [-0.4, -0.2) is 0 Å². The van der Waals surface area contributed by atoms with Crippen LogP contribution in [0.2, 0.25) is 0 Å². The SMILES string of the molecule is C1=CC2C=CC3=C(C=CC(C4=CCCC(C5=CC6=C(CC5)c5ccc7cc(C8=Cc9ccc(C%10=CC=CC(C%11C=CC%12=C(C=CC%13C=CC=CC%12%13)C%11)C%10)cc9CC8)ccc7c5CC6)=C4)C3)C2C=C1. The highest BCUT2D eigenvalue weighted by atomic mass is 14.4. The molecule has 0 aliphatic heterocycles. The molecule has 7 atom stereocenters. The van der Waals surface area contributed by atoms with Crippen molar-refractivity contribution in [3.05, 3.63) is 260 Å². The van der Waals surface area contributed by atoms with Gasteiger partial charge in [-0.1, -0.05) is 182 Å². The first-order valence-electron chi connectivity index (χ1n) is 26.1. The number of rotatable bonds is 5. The van der Waals surface area contributed by atoms with Crippen molar-refractivity contribution in [3.8, 4) is 0 Å². The van der Waals surface area contributed by atoms with Crippen LogP contribution in [0.3, 0.4) is 0 Å². The molecular formula is C68H60. The zero-order valence-electron chi connectivity index (χ0n) is 39.2. The first-order valence-corrected chi connectivity index (χ1v) is 26.1. The fourth-order valence-corrected chi connectivity index (χ4v) is 14.1. The van der Waals surface area contributed by atoms with Crippen LogP contribution in [0.4, 0.5) is 0 Å². The van der Waals surface area contributed by atoms with Crippen LogP contribution >= 0.6 is 0 Å². The molecule has 0 N–H and O–H groups in total. The van der Waals surface area contributed by atoms with E-state index in [1.165, 1.54) is 78.4 Å². The third kappa shape index (κ3) is 7.09. The fraction of sp³-hybridized carbons (Fsp3) is 0.265. The maximum absolute atomic E-state index is 2.61. The zero-order valence-corrected chi connectivity index (χ0v) is 39.2. The Kier molecular flexibility index (Phi) is 9.92. The van der Waals surface area contributed by atoms with Crippen molar-refractivity contribution in [2.45, 2.75) is 70.6 Å². The van der Waals surface area contributed by atoms with Crippen molar-refractivity contribution in [2.75, 3.05) is 0 Å². The molecule has 0 radical (unpaired) electrons. The van der Waals surface area contributed by atoms with E-state index in [1.54, 1.807) is 33.4 Å². The predicted octanol–water partition coefficient (Wildman–Crippen LogP) is 17.0. The molecular weight excluding hydrogens is 817 g/mol. The minimum atomic E-state index is 0.477. The smallest absolute Gasteiger partial charge is 0.0121 e. The Labute approximate surface area is 403 Å². The third-order valence-corrected chi connectivity index (χ3v) is 17.8. The summed E-state index contributed by atoms with van der Waals surface area (Å²) in [5, 5.41) is 2.84. The fourth-order valence-electron chi connectivity index (χ4n) is 14.1. The highest BCUT2D eigenvalue weighted by molar-refractivity contribution is 5.96. The summed E-state index contributed by atoms with van der Waals surface area (Å²) < 4.78 is 0. The van der Waals surface area contributed by atoms with Crippen molar-refractivity contribution >= 4 is 33.6 Å². The van der Waals surface area contributed by atoms with E-state index in [-0.39, 0.29) is 0 Å². The number of hydrogen-bond donors (Lipinski definition) is 0. The molecule has 0 saturated carbocycles. The average molecular weight is 877 g/mol. The van der Waals surface area contributed by atoms with Gasteiger partial charge in [-0.3, -0.25) is 0 Å². The van der Waals surface area contributed by atoms with Crippen LogP contribution in [0.5, 0.6) is 0 Å². The maximum atomic E-state index is 2.61. The van der Waals surface area contributed by atoms with Crippen LogP contribution in [0, 0.1) is 41.4 Å². The molecule has 0 saturated heterocycles. The van der Waals surface area contributed by atoms with Crippen LogP contribution < -0.4 is 0 Å². The summed E-state index contributed by atoms with van der Waals surface area (Å²) in [5.41, 5.74) is 25.7. The Bertz CT molecular complexity index is 3270. The van der Waals surface area contributed by atoms with E-state index in [0.717, 1.165) is 64.2 Å². The Morgan fingerprint density at radius 2 is 1.21 bits per heavy atom. The molecule has 0 amide bonds. The van der Waals surface area contributed by atoms with Gasteiger partial charge in [-0.15, -0.1) is 0 Å². The summed E-state index contributed by atoms with van der Waals surface area (Å²) in [6.45, 7) is 0. The summed E-state index contributed by atoms with van der Waals surface area (Å²) in [5.74, 6) is 3.60. The second-order valence-electron chi connectivity index (χ2n) is 21.5. The van der Waals surface area contributed by atoms with Gasteiger partial charge < -0.3 is 0 Å². The molecule has 0 fully saturated rings. The predicted molar refractivity (Wildman–Crippen MR) is 287 cm³/mol. The molecule has 0 heterocycles. The number of allylic oxidation sites excluding steroid dienone is 33. The van der Waals surface area contributed by atoms with Crippen molar-refractivity contribution in [1.82, 2.24) is 0 Å². The minimum absolute atomic E-state index is 0.477. The van der Waals surface area contributed by atoms with Gasteiger partial charge in [-0.25, -0.2) is 0 Å². The van der Waals surface area contributed by atoms with Gasteiger partial charge in [0.1, 0.15) is 0 Å². The molecule has 0 spiro atoms. The van der Waals surface area contributed by atoms with Crippen LogP contribution in [0.15, 0.2) is 227 Å². The molecule has 332 valence electrons. The summed E-state index contributed by atoms with van der Waals surface area (Å²) in [6.07, 6.45) is 67.8. The maximum Gasteiger partial charge on any atom is 0.0121 e. The van der Waals surface area contributed by atoms with Crippen LogP contribution in [0.25, 0.3) is 33.6 Å². The lowest BCUT2D eigenvalue weighted by atomic mass is 9.70. The Morgan fingerprint density at radius 1 is 0.456 bits per heavy atom. The number of fused-ring (bicyclic) bond motifs is 9. The summed E-state index contributed by atoms with van der Waals surface area (Å²) >= 11 is 0. The minimum Gasteiger partial charge on any atom is -0.0805 e. The Morgan fingerprint density at radius 3 is 2.07 bits per heavy atom. The van der Waals surface area contributed by atoms with Gasteiger partial charge in [0, 0.05) is 29.6 Å². The average Bonchev–Trinajstić information content (AvgIpc) is 3.41. The van der Waals surface area contributed by atoms with Crippen molar-refractivity contribution in [2.24, 2.45) is 41.4 Å². The summed E-state index contributed by atoms with van der Waals surface area (Å²) in [4.78, 5) is 0. The van der Waals surface area contributed by atoms with E-state index in [4.69, 9.17) is 0 Å². The molecule has 0 heteroatoms. The second kappa shape index (κ2) is 16.6. The largest absolute Gasteiger partial charge is 0.0805 e. The van der Waals surface area contributed by atoms with Crippen molar-refractivity contribution in [1.29, 1.82) is 0 Å². The lowest BCUT2D eigenvalue weighted by molar-refractivity contribution is 0.466. The van der Waals surface area contributed by atoms with Gasteiger partial charge in [-0.05, 0) is 194 Å². The van der Waals surface area contributed by atoms with E-state index < -0.39 is 0 Å². The van der Waals surface area contributed by atoms with E-state index >= 15 is 0 Å².